The first kappa shape index (κ1) is 17.7. The lowest BCUT2D eigenvalue weighted by Crippen LogP contribution is -2.31. The van der Waals surface area contributed by atoms with Crippen molar-refractivity contribution in [3.05, 3.63) is 57.8 Å². The van der Waals surface area contributed by atoms with Crippen molar-refractivity contribution in [1.29, 1.82) is 0 Å². The van der Waals surface area contributed by atoms with Crippen molar-refractivity contribution in [3.63, 3.8) is 0 Å². The largest absolute Gasteiger partial charge is 0.395 e. The van der Waals surface area contributed by atoms with E-state index in [1.54, 1.807) is 0 Å². The van der Waals surface area contributed by atoms with Gasteiger partial charge in [-0.2, -0.15) is 0 Å². The highest BCUT2D eigenvalue weighted by atomic mass is 32.1. The summed E-state index contributed by atoms with van der Waals surface area (Å²) in [5, 5.41) is 18.9. The van der Waals surface area contributed by atoms with Crippen molar-refractivity contribution in [2.75, 3.05) is 6.61 Å². The zero-order valence-electron chi connectivity index (χ0n) is 13.1. The molecule has 4 heteroatoms. The summed E-state index contributed by atoms with van der Waals surface area (Å²) in [7, 11) is 0. The molecule has 0 saturated heterocycles. The van der Waals surface area contributed by atoms with E-state index in [-0.39, 0.29) is 6.61 Å². The van der Waals surface area contributed by atoms with Crippen LogP contribution in [0.3, 0.4) is 0 Å². The molecule has 2 aromatic rings. The van der Waals surface area contributed by atoms with Gasteiger partial charge in [-0.05, 0) is 37.0 Å². The Morgan fingerprint density at radius 3 is 2.61 bits per heavy atom. The zero-order chi connectivity index (χ0) is 16.5. The topological polar surface area (TPSA) is 66.5 Å². The Bertz CT molecular complexity index is 642. The first-order valence-electron chi connectivity index (χ1n) is 7.87. The van der Waals surface area contributed by atoms with Crippen LogP contribution in [0.2, 0.25) is 0 Å². The fraction of sp³-hybridized carbons (Fsp3) is 0.368. The van der Waals surface area contributed by atoms with E-state index in [4.69, 9.17) is 10.8 Å². The molecule has 0 fully saturated rings. The molecule has 0 aliphatic carbocycles. The van der Waals surface area contributed by atoms with Crippen LogP contribution in [0.15, 0.2) is 42.5 Å². The van der Waals surface area contributed by atoms with Crippen molar-refractivity contribution in [1.82, 2.24) is 0 Å². The van der Waals surface area contributed by atoms with E-state index in [2.05, 4.69) is 36.1 Å². The number of aryl methyl sites for hydroxylation is 1. The highest BCUT2D eigenvalue weighted by molar-refractivity contribution is 7.12. The summed E-state index contributed by atoms with van der Waals surface area (Å²) in [6, 6.07) is 13.6. The Morgan fingerprint density at radius 1 is 1.09 bits per heavy atom. The van der Waals surface area contributed by atoms with Gasteiger partial charge < -0.3 is 15.9 Å². The summed E-state index contributed by atoms with van der Waals surface area (Å²) >= 11 is 1.43. The average Bonchev–Trinajstić information content (AvgIpc) is 3.06. The van der Waals surface area contributed by atoms with E-state index in [0.717, 1.165) is 35.4 Å². The molecule has 1 aromatic heterocycles. The molecule has 0 bridgehead atoms. The van der Waals surface area contributed by atoms with Crippen LogP contribution in [0.4, 0.5) is 0 Å². The fourth-order valence-electron chi connectivity index (χ4n) is 2.23. The second-order valence-corrected chi connectivity index (χ2v) is 6.60. The summed E-state index contributed by atoms with van der Waals surface area (Å²) < 4.78 is 0. The molecule has 1 heterocycles. The first-order chi connectivity index (χ1) is 11.2. The molecule has 2 atom stereocenters. The predicted octanol–water partition coefficient (Wildman–Crippen LogP) is 2.87. The molecular formula is C19H23NO2S. The van der Waals surface area contributed by atoms with E-state index < -0.39 is 12.1 Å². The Balaban J connectivity index is 1.74. The molecule has 2 rings (SSSR count). The van der Waals surface area contributed by atoms with Gasteiger partial charge in [0.2, 0.25) is 0 Å². The van der Waals surface area contributed by atoms with Gasteiger partial charge in [0.05, 0.1) is 17.5 Å². The van der Waals surface area contributed by atoms with E-state index in [9.17, 15) is 5.11 Å². The molecule has 0 saturated carbocycles. The molecule has 1 aromatic carbocycles. The molecule has 0 unspecified atom stereocenters. The standard InChI is InChI=1S/C19H23NO2S/c20-17(14-21)19(22)18-13-12-16(23-18)11-7-2-1-4-8-15-9-5-3-6-10-15/h3,5-6,9-10,12-13,17,19,21-22H,1-2,4,8,14,20H2/t17-,19-/m0/s1. The highest BCUT2D eigenvalue weighted by Gasteiger charge is 2.17. The predicted molar refractivity (Wildman–Crippen MR) is 95.2 cm³/mol. The minimum atomic E-state index is -0.827. The number of hydrogen-bond acceptors (Lipinski definition) is 4. The Labute approximate surface area is 141 Å². The van der Waals surface area contributed by atoms with Gasteiger partial charge in [-0.1, -0.05) is 42.2 Å². The third-order valence-corrected chi connectivity index (χ3v) is 4.68. The SMILES string of the molecule is N[C@@H](CO)[C@H](O)c1ccc(C#CCCCCc2ccccc2)s1. The minimum Gasteiger partial charge on any atom is -0.395 e. The lowest BCUT2D eigenvalue weighted by molar-refractivity contribution is 0.112. The minimum absolute atomic E-state index is 0.235. The molecule has 0 aliphatic rings. The third kappa shape index (κ3) is 5.81. The van der Waals surface area contributed by atoms with Crippen LogP contribution in [0.1, 0.15) is 40.7 Å². The molecule has 0 aliphatic heterocycles. The number of unbranched alkanes of at least 4 members (excludes halogenated alkanes) is 2. The second kappa shape index (κ2) is 9.49. The van der Waals surface area contributed by atoms with Gasteiger partial charge in [0, 0.05) is 11.3 Å². The number of aliphatic hydroxyl groups is 2. The number of nitrogens with two attached hydrogens (primary N) is 1. The van der Waals surface area contributed by atoms with Gasteiger partial charge in [-0.3, -0.25) is 0 Å². The molecule has 23 heavy (non-hydrogen) atoms. The van der Waals surface area contributed by atoms with Crippen LogP contribution in [0.5, 0.6) is 0 Å². The van der Waals surface area contributed by atoms with Crippen molar-refractivity contribution >= 4 is 11.3 Å². The normalized spacial score (nSPS) is 13.2. The molecular weight excluding hydrogens is 306 g/mol. The maximum Gasteiger partial charge on any atom is 0.105 e. The number of benzene rings is 1. The van der Waals surface area contributed by atoms with Crippen LogP contribution >= 0.6 is 11.3 Å². The van der Waals surface area contributed by atoms with Crippen molar-refractivity contribution in [2.45, 2.75) is 37.8 Å². The van der Waals surface area contributed by atoms with Crippen LogP contribution < -0.4 is 5.73 Å². The Kier molecular flexibility index (Phi) is 7.31. The molecule has 3 nitrogen and oxygen atoms in total. The lowest BCUT2D eigenvalue weighted by Gasteiger charge is -2.14. The monoisotopic (exact) mass is 329 g/mol. The summed E-state index contributed by atoms with van der Waals surface area (Å²) in [4.78, 5) is 1.67. The second-order valence-electron chi connectivity index (χ2n) is 5.49. The quantitative estimate of drug-likeness (QED) is 0.540. The maximum absolute atomic E-state index is 9.93. The number of hydrogen-bond donors (Lipinski definition) is 3. The summed E-state index contributed by atoms with van der Waals surface area (Å²) in [6.07, 6.45) is 3.36. The fourth-order valence-corrected chi connectivity index (χ4v) is 3.17. The van der Waals surface area contributed by atoms with E-state index in [1.165, 1.54) is 16.9 Å². The van der Waals surface area contributed by atoms with Crippen LogP contribution in [0.25, 0.3) is 0 Å². The first-order valence-corrected chi connectivity index (χ1v) is 8.69. The van der Waals surface area contributed by atoms with E-state index in [0.29, 0.717) is 0 Å². The van der Waals surface area contributed by atoms with Crippen LogP contribution in [-0.2, 0) is 6.42 Å². The van der Waals surface area contributed by atoms with Gasteiger partial charge in [0.25, 0.3) is 0 Å². The maximum atomic E-state index is 9.93. The third-order valence-electron chi connectivity index (χ3n) is 3.61. The average molecular weight is 329 g/mol. The smallest absolute Gasteiger partial charge is 0.105 e. The molecule has 122 valence electrons. The zero-order valence-corrected chi connectivity index (χ0v) is 13.9. The summed E-state index contributed by atoms with van der Waals surface area (Å²) in [5.41, 5.74) is 7.00. The Morgan fingerprint density at radius 2 is 1.87 bits per heavy atom. The molecule has 0 amide bonds. The summed E-state index contributed by atoms with van der Waals surface area (Å²) in [6.45, 7) is -0.235. The molecule has 0 radical (unpaired) electrons. The highest BCUT2D eigenvalue weighted by Crippen LogP contribution is 2.24. The van der Waals surface area contributed by atoms with E-state index in [1.807, 2.05) is 18.2 Å². The number of aliphatic hydroxyl groups excluding tert-OH is 2. The van der Waals surface area contributed by atoms with Gasteiger partial charge in [-0.25, -0.2) is 0 Å². The number of thiophene rings is 1. The van der Waals surface area contributed by atoms with Gasteiger partial charge in [0.1, 0.15) is 6.10 Å². The molecule has 0 spiro atoms. The van der Waals surface area contributed by atoms with Crippen molar-refractivity contribution in [2.24, 2.45) is 5.73 Å². The number of rotatable bonds is 7. The lowest BCUT2D eigenvalue weighted by atomic mass is 10.1. The van der Waals surface area contributed by atoms with E-state index >= 15 is 0 Å². The Hall–Kier alpha value is -1.64. The van der Waals surface area contributed by atoms with Gasteiger partial charge in [-0.15, -0.1) is 11.3 Å². The van der Waals surface area contributed by atoms with Crippen molar-refractivity contribution in [3.8, 4) is 11.8 Å². The van der Waals surface area contributed by atoms with Crippen LogP contribution in [0, 0.1) is 11.8 Å². The molecule has 4 N–H and O–H groups in total. The van der Waals surface area contributed by atoms with Crippen molar-refractivity contribution < 1.29 is 10.2 Å². The van der Waals surface area contributed by atoms with Crippen LogP contribution in [-0.4, -0.2) is 22.9 Å². The van der Waals surface area contributed by atoms with Gasteiger partial charge >= 0.3 is 0 Å². The van der Waals surface area contributed by atoms with Gasteiger partial charge in [0.15, 0.2) is 0 Å². The summed E-state index contributed by atoms with van der Waals surface area (Å²) in [5.74, 6) is 6.31.